The van der Waals surface area contributed by atoms with Gasteiger partial charge >= 0.3 is 0 Å². The van der Waals surface area contributed by atoms with Crippen LogP contribution < -0.4 is 14.8 Å². The van der Waals surface area contributed by atoms with Gasteiger partial charge in [0.05, 0.1) is 12.7 Å². The van der Waals surface area contributed by atoms with E-state index in [1.54, 1.807) is 25.3 Å². The molecule has 0 unspecified atom stereocenters. The van der Waals surface area contributed by atoms with Gasteiger partial charge in [-0.25, -0.2) is 0 Å². The number of ether oxygens (including phenoxy) is 2. The van der Waals surface area contributed by atoms with Crippen molar-refractivity contribution in [1.29, 1.82) is 0 Å². The number of nitrogens with zero attached hydrogens (tertiary/aromatic N) is 2. The van der Waals surface area contributed by atoms with Crippen LogP contribution in [0.2, 0.25) is 0 Å². The summed E-state index contributed by atoms with van der Waals surface area (Å²) in [5.74, 6) is 1.91. The van der Waals surface area contributed by atoms with Crippen molar-refractivity contribution in [1.82, 2.24) is 15.1 Å². The van der Waals surface area contributed by atoms with Crippen LogP contribution in [0.1, 0.15) is 49.9 Å². The number of hydrogen-bond donors (Lipinski definition) is 1. The molecule has 7 heteroatoms. The fourth-order valence-electron chi connectivity index (χ4n) is 6.11. The highest BCUT2D eigenvalue weighted by Gasteiger charge is 2.57. The molecule has 2 heterocycles. The number of carbonyl (C=O) groups is 2. The largest absolute Gasteiger partial charge is 0.497 e. The van der Waals surface area contributed by atoms with Gasteiger partial charge in [-0.3, -0.25) is 14.5 Å². The molecule has 2 amide bonds. The molecule has 1 spiro atoms. The summed E-state index contributed by atoms with van der Waals surface area (Å²) in [5.41, 5.74) is -0.157. The average molecular weight is 428 g/mol. The van der Waals surface area contributed by atoms with Crippen molar-refractivity contribution in [2.75, 3.05) is 33.3 Å². The maximum atomic E-state index is 13.4. The maximum Gasteiger partial charge on any atom is 0.258 e. The summed E-state index contributed by atoms with van der Waals surface area (Å²) in [6.07, 6.45) is 3.49. The summed E-state index contributed by atoms with van der Waals surface area (Å²) in [7, 11) is 1.61. The molecular formula is C24H33N3O4. The van der Waals surface area contributed by atoms with E-state index in [4.69, 9.17) is 9.47 Å². The molecule has 0 radical (unpaired) electrons. The Morgan fingerprint density at radius 2 is 2.00 bits per heavy atom. The molecule has 0 aromatic heterocycles. The Morgan fingerprint density at radius 3 is 2.65 bits per heavy atom. The van der Waals surface area contributed by atoms with Crippen LogP contribution in [-0.4, -0.2) is 66.7 Å². The number of nitrogens with one attached hydrogen (secondary N) is 1. The van der Waals surface area contributed by atoms with Crippen molar-refractivity contribution >= 4 is 11.8 Å². The molecule has 5 aliphatic rings. The number of rotatable bonds is 3. The molecule has 168 valence electrons. The van der Waals surface area contributed by atoms with Gasteiger partial charge in [0.1, 0.15) is 11.5 Å². The fraction of sp³-hybridized carbons (Fsp3) is 0.667. The smallest absolute Gasteiger partial charge is 0.258 e. The number of amides is 2. The van der Waals surface area contributed by atoms with Crippen LogP contribution in [0.4, 0.5) is 0 Å². The fourth-order valence-corrected chi connectivity index (χ4v) is 6.11. The van der Waals surface area contributed by atoms with Gasteiger partial charge in [0.25, 0.3) is 5.91 Å². The molecular weight excluding hydrogens is 394 g/mol. The third-order valence-corrected chi connectivity index (χ3v) is 7.94. The molecule has 31 heavy (non-hydrogen) atoms. The lowest BCUT2D eigenvalue weighted by molar-refractivity contribution is -0.157. The van der Waals surface area contributed by atoms with Gasteiger partial charge in [-0.05, 0) is 51.2 Å². The topological polar surface area (TPSA) is 71.1 Å². The van der Waals surface area contributed by atoms with Gasteiger partial charge in [-0.1, -0.05) is 0 Å². The zero-order valence-electron chi connectivity index (χ0n) is 18.7. The van der Waals surface area contributed by atoms with Crippen LogP contribution in [0.15, 0.2) is 18.2 Å². The third-order valence-electron chi connectivity index (χ3n) is 7.94. The third kappa shape index (κ3) is 3.47. The van der Waals surface area contributed by atoms with Crippen LogP contribution >= 0.6 is 0 Å². The summed E-state index contributed by atoms with van der Waals surface area (Å²) in [6.45, 7) is 7.96. The molecule has 4 fully saturated rings. The molecule has 1 aromatic rings. The van der Waals surface area contributed by atoms with E-state index in [-0.39, 0.29) is 23.7 Å². The van der Waals surface area contributed by atoms with E-state index in [1.165, 1.54) is 0 Å². The first-order chi connectivity index (χ1) is 14.9. The van der Waals surface area contributed by atoms with Gasteiger partial charge in [0.2, 0.25) is 5.91 Å². The van der Waals surface area contributed by atoms with E-state index in [0.29, 0.717) is 35.4 Å². The zero-order valence-corrected chi connectivity index (χ0v) is 18.7. The Morgan fingerprint density at radius 1 is 1.23 bits per heavy atom. The molecule has 3 aliphatic carbocycles. The van der Waals surface area contributed by atoms with Gasteiger partial charge in [0, 0.05) is 56.5 Å². The first-order valence-electron chi connectivity index (χ1n) is 11.6. The summed E-state index contributed by atoms with van der Waals surface area (Å²) < 4.78 is 11.8. The molecule has 2 aliphatic heterocycles. The monoisotopic (exact) mass is 427 g/mol. The Balaban J connectivity index is 1.31. The first-order valence-corrected chi connectivity index (χ1v) is 11.6. The number of fused-ring (bicyclic) bond motifs is 3. The Bertz CT molecular complexity index is 880. The van der Waals surface area contributed by atoms with E-state index in [0.717, 1.165) is 45.4 Å². The van der Waals surface area contributed by atoms with Crippen molar-refractivity contribution in [3.05, 3.63) is 23.8 Å². The highest BCUT2D eigenvalue weighted by molar-refractivity contribution is 5.98. The summed E-state index contributed by atoms with van der Waals surface area (Å²) in [6, 6.07) is 5.85. The van der Waals surface area contributed by atoms with Gasteiger partial charge in [0.15, 0.2) is 5.72 Å². The van der Waals surface area contributed by atoms with Crippen LogP contribution in [-0.2, 0) is 4.79 Å². The second-order valence-electron chi connectivity index (χ2n) is 9.84. The average Bonchev–Trinajstić information content (AvgIpc) is 2.78. The minimum Gasteiger partial charge on any atom is -0.497 e. The van der Waals surface area contributed by atoms with E-state index in [9.17, 15) is 9.59 Å². The van der Waals surface area contributed by atoms with Gasteiger partial charge in [-0.2, -0.15) is 0 Å². The van der Waals surface area contributed by atoms with Crippen molar-refractivity contribution in [3.8, 4) is 11.5 Å². The minimum absolute atomic E-state index is 0.0437. The molecule has 3 saturated carbocycles. The van der Waals surface area contributed by atoms with Gasteiger partial charge < -0.3 is 19.7 Å². The number of carbonyl (C=O) groups excluding carboxylic acids is 2. The predicted octanol–water partition coefficient (Wildman–Crippen LogP) is 2.50. The van der Waals surface area contributed by atoms with Crippen molar-refractivity contribution in [3.63, 3.8) is 0 Å². The number of hydrogen-bond acceptors (Lipinski definition) is 5. The first kappa shape index (κ1) is 20.6. The highest BCUT2D eigenvalue weighted by atomic mass is 16.5. The molecule has 6 rings (SSSR count). The summed E-state index contributed by atoms with van der Waals surface area (Å²) in [5, 5.41) is 3.18. The lowest BCUT2D eigenvalue weighted by atomic mass is 9.59. The van der Waals surface area contributed by atoms with Crippen molar-refractivity contribution in [2.24, 2.45) is 17.8 Å². The molecule has 1 saturated heterocycles. The molecule has 1 aromatic carbocycles. The number of piperazine rings is 1. The molecule has 1 N–H and O–H groups in total. The van der Waals surface area contributed by atoms with Crippen molar-refractivity contribution < 1.29 is 19.1 Å². The van der Waals surface area contributed by atoms with E-state index in [2.05, 4.69) is 29.0 Å². The quantitative estimate of drug-likeness (QED) is 0.803. The molecule has 4 atom stereocenters. The second kappa shape index (κ2) is 7.69. The lowest BCUT2D eigenvalue weighted by Crippen LogP contribution is -2.67. The Kier molecular flexibility index (Phi) is 5.12. The Hall–Kier alpha value is -2.28. The normalized spacial score (nSPS) is 32.6. The lowest BCUT2D eigenvalue weighted by Gasteiger charge is -2.55. The van der Waals surface area contributed by atoms with Gasteiger partial charge in [-0.15, -0.1) is 0 Å². The maximum absolute atomic E-state index is 13.4. The SMILES string of the molecule is COc1ccc2c(c1)O[C@]1(C[C@H]3CC[C@H]1C[C@H]3C(=O)N1CCN(C(C)C)CC1)NC2=O. The summed E-state index contributed by atoms with van der Waals surface area (Å²) in [4.78, 5) is 30.8. The van der Waals surface area contributed by atoms with E-state index >= 15 is 0 Å². The molecule has 7 nitrogen and oxygen atoms in total. The zero-order chi connectivity index (χ0) is 21.8. The Labute approximate surface area is 184 Å². The van der Waals surface area contributed by atoms with Crippen LogP contribution in [0.25, 0.3) is 0 Å². The number of benzene rings is 1. The summed E-state index contributed by atoms with van der Waals surface area (Å²) >= 11 is 0. The standard InChI is InChI=1S/C24H33N3O4/c1-15(2)26-8-10-27(11-9-26)23(29)20-12-17-5-4-16(20)14-24(17)25-22(28)19-7-6-18(30-3)13-21(19)31-24/h6-7,13,15-17,20H,4-5,8-12,14H2,1-3H3,(H,25,28)/t16-,17+,20-,24+/m1/s1. The predicted molar refractivity (Wildman–Crippen MR) is 116 cm³/mol. The number of methoxy groups -OCH3 is 1. The van der Waals surface area contributed by atoms with E-state index in [1.807, 2.05) is 0 Å². The minimum atomic E-state index is -0.702. The van der Waals surface area contributed by atoms with Crippen LogP contribution in [0.5, 0.6) is 11.5 Å². The second-order valence-corrected chi connectivity index (χ2v) is 9.84. The highest BCUT2D eigenvalue weighted by Crippen LogP contribution is 2.53. The van der Waals surface area contributed by atoms with Crippen molar-refractivity contribution in [2.45, 2.75) is 51.3 Å². The molecule has 2 bridgehead atoms. The van der Waals surface area contributed by atoms with E-state index < -0.39 is 5.72 Å². The van der Waals surface area contributed by atoms with Crippen LogP contribution in [0, 0.1) is 17.8 Å². The van der Waals surface area contributed by atoms with Crippen LogP contribution in [0.3, 0.4) is 0 Å².